The molecular formula is C9H15NO4. The van der Waals surface area contributed by atoms with E-state index in [2.05, 4.69) is 0 Å². The Labute approximate surface area is 82.6 Å². The predicted octanol–water partition coefficient (Wildman–Crippen LogP) is -1.01. The molecule has 0 aromatic rings. The Morgan fingerprint density at radius 2 is 2.43 bits per heavy atom. The smallest absolute Gasteiger partial charge is 0.249 e. The van der Waals surface area contributed by atoms with Crippen LogP contribution in [-0.2, 0) is 14.3 Å². The summed E-state index contributed by atoms with van der Waals surface area (Å²) in [7, 11) is 0. The summed E-state index contributed by atoms with van der Waals surface area (Å²) < 4.78 is 10.4. The minimum Gasteiger partial charge on any atom is -0.394 e. The normalized spacial score (nSPS) is 33.8. The summed E-state index contributed by atoms with van der Waals surface area (Å²) in [6.07, 6.45) is 0.664. The number of nitrogens with zero attached hydrogens (tertiary/aromatic N) is 1. The zero-order valence-corrected chi connectivity index (χ0v) is 8.02. The van der Waals surface area contributed by atoms with E-state index in [9.17, 15) is 4.79 Å². The van der Waals surface area contributed by atoms with Crippen LogP contribution in [-0.4, -0.2) is 61.0 Å². The Balaban J connectivity index is 1.96. The van der Waals surface area contributed by atoms with Crippen molar-refractivity contribution in [2.75, 3.05) is 33.0 Å². The molecule has 14 heavy (non-hydrogen) atoms. The molecule has 80 valence electrons. The molecule has 0 saturated carbocycles. The number of hydrogen-bond acceptors (Lipinski definition) is 4. The van der Waals surface area contributed by atoms with Gasteiger partial charge in [-0.25, -0.2) is 0 Å². The topological polar surface area (TPSA) is 59.0 Å². The number of ether oxygens (including phenoxy) is 2. The minimum absolute atomic E-state index is 0.00481. The van der Waals surface area contributed by atoms with Gasteiger partial charge in [0, 0.05) is 13.2 Å². The summed E-state index contributed by atoms with van der Waals surface area (Å²) in [6, 6.07) is 0.181. The van der Waals surface area contributed by atoms with Crippen molar-refractivity contribution in [3.05, 3.63) is 0 Å². The van der Waals surface area contributed by atoms with Crippen LogP contribution in [0.25, 0.3) is 0 Å². The van der Waals surface area contributed by atoms with Gasteiger partial charge >= 0.3 is 0 Å². The van der Waals surface area contributed by atoms with Gasteiger partial charge in [0.25, 0.3) is 0 Å². The van der Waals surface area contributed by atoms with Crippen LogP contribution in [0.3, 0.4) is 0 Å². The van der Waals surface area contributed by atoms with E-state index in [1.165, 1.54) is 0 Å². The Morgan fingerprint density at radius 1 is 1.57 bits per heavy atom. The van der Waals surface area contributed by atoms with Gasteiger partial charge in [-0.15, -0.1) is 0 Å². The summed E-state index contributed by atoms with van der Waals surface area (Å²) in [4.78, 5) is 13.3. The molecule has 2 saturated heterocycles. The third-order valence-electron chi connectivity index (χ3n) is 2.71. The SMILES string of the molecule is O=C1COC(CO)CN1C1CCOC1. The molecule has 0 bridgehead atoms. The quantitative estimate of drug-likeness (QED) is 0.622. The van der Waals surface area contributed by atoms with E-state index in [0.717, 1.165) is 13.0 Å². The largest absolute Gasteiger partial charge is 0.394 e. The van der Waals surface area contributed by atoms with Crippen molar-refractivity contribution in [2.24, 2.45) is 0 Å². The maximum Gasteiger partial charge on any atom is 0.249 e. The second-order valence-corrected chi connectivity index (χ2v) is 3.68. The van der Waals surface area contributed by atoms with Crippen LogP contribution in [0, 0.1) is 0 Å². The van der Waals surface area contributed by atoms with Crippen molar-refractivity contribution in [1.82, 2.24) is 4.90 Å². The fraction of sp³-hybridized carbons (Fsp3) is 0.889. The second kappa shape index (κ2) is 4.25. The van der Waals surface area contributed by atoms with Crippen LogP contribution in [0.2, 0.25) is 0 Å². The maximum atomic E-state index is 11.5. The fourth-order valence-corrected chi connectivity index (χ4v) is 1.88. The number of morpholine rings is 1. The van der Waals surface area contributed by atoms with Crippen molar-refractivity contribution in [1.29, 1.82) is 0 Å². The molecule has 5 nitrogen and oxygen atoms in total. The highest BCUT2D eigenvalue weighted by molar-refractivity contribution is 5.78. The lowest BCUT2D eigenvalue weighted by atomic mass is 10.1. The lowest BCUT2D eigenvalue weighted by molar-refractivity contribution is -0.154. The number of rotatable bonds is 2. The van der Waals surface area contributed by atoms with Crippen LogP contribution in [0.1, 0.15) is 6.42 Å². The van der Waals surface area contributed by atoms with Gasteiger partial charge in [-0.1, -0.05) is 0 Å². The Bertz CT molecular complexity index is 215. The molecule has 2 atom stereocenters. The molecule has 0 spiro atoms. The van der Waals surface area contributed by atoms with E-state index >= 15 is 0 Å². The third-order valence-corrected chi connectivity index (χ3v) is 2.71. The minimum atomic E-state index is -0.228. The standard InChI is InChI=1S/C9H15NO4/c11-4-8-3-10(9(12)6-14-8)7-1-2-13-5-7/h7-8,11H,1-6H2. The highest BCUT2D eigenvalue weighted by atomic mass is 16.5. The number of amides is 1. The highest BCUT2D eigenvalue weighted by Gasteiger charge is 2.33. The Morgan fingerprint density at radius 3 is 3.07 bits per heavy atom. The monoisotopic (exact) mass is 201 g/mol. The molecule has 1 amide bonds. The van der Waals surface area contributed by atoms with Crippen molar-refractivity contribution >= 4 is 5.91 Å². The summed E-state index contributed by atoms with van der Waals surface area (Å²) in [5, 5.41) is 8.94. The van der Waals surface area contributed by atoms with Gasteiger partial charge in [0.15, 0.2) is 0 Å². The molecule has 0 radical (unpaired) electrons. The average Bonchev–Trinajstić information content (AvgIpc) is 2.71. The van der Waals surface area contributed by atoms with E-state index < -0.39 is 0 Å². The predicted molar refractivity (Wildman–Crippen MR) is 47.8 cm³/mol. The Kier molecular flexibility index (Phi) is 3.00. The van der Waals surface area contributed by atoms with Crippen LogP contribution < -0.4 is 0 Å². The van der Waals surface area contributed by atoms with Crippen LogP contribution in [0.5, 0.6) is 0 Å². The number of carbonyl (C=O) groups is 1. The van der Waals surface area contributed by atoms with Crippen molar-refractivity contribution in [3.63, 3.8) is 0 Å². The van der Waals surface area contributed by atoms with Crippen molar-refractivity contribution < 1.29 is 19.4 Å². The molecule has 2 heterocycles. The molecule has 2 fully saturated rings. The first kappa shape index (κ1) is 9.89. The number of aliphatic hydroxyl groups excluding tert-OH is 1. The zero-order valence-electron chi connectivity index (χ0n) is 8.02. The van der Waals surface area contributed by atoms with Crippen LogP contribution in [0.4, 0.5) is 0 Å². The Hall–Kier alpha value is -0.650. The molecule has 1 N–H and O–H groups in total. The maximum absolute atomic E-state index is 11.5. The second-order valence-electron chi connectivity index (χ2n) is 3.68. The molecule has 2 aliphatic rings. The van der Waals surface area contributed by atoms with Gasteiger partial charge in [0.1, 0.15) is 6.61 Å². The highest BCUT2D eigenvalue weighted by Crippen LogP contribution is 2.16. The van der Waals surface area contributed by atoms with Gasteiger partial charge in [-0.05, 0) is 6.42 Å². The zero-order chi connectivity index (χ0) is 9.97. The molecule has 2 unspecified atom stereocenters. The van der Waals surface area contributed by atoms with E-state index in [4.69, 9.17) is 14.6 Å². The molecule has 2 rings (SSSR count). The van der Waals surface area contributed by atoms with Gasteiger partial charge in [-0.2, -0.15) is 0 Å². The average molecular weight is 201 g/mol. The number of hydrogen-bond donors (Lipinski definition) is 1. The van der Waals surface area contributed by atoms with Crippen LogP contribution >= 0.6 is 0 Å². The molecular weight excluding hydrogens is 186 g/mol. The molecule has 0 aliphatic carbocycles. The van der Waals surface area contributed by atoms with E-state index in [1.807, 2.05) is 0 Å². The fourth-order valence-electron chi connectivity index (χ4n) is 1.88. The van der Waals surface area contributed by atoms with E-state index in [0.29, 0.717) is 13.2 Å². The van der Waals surface area contributed by atoms with Crippen molar-refractivity contribution in [2.45, 2.75) is 18.6 Å². The van der Waals surface area contributed by atoms with Crippen LogP contribution in [0.15, 0.2) is 0 Å². The molecule has 2 aliphatic heterocycles. The molecule has 0 aromatic heterocycles. The first-order valence-electron chi connectivity index (χ1n) is 4.91. The van der Waals surface area contributed by atoms with Gasteiger partial charge < -0.3 is 19.5 Å². The van der Waals surface area contributed by atoms with Crippen molar-refractivity contribution in [3.8, 4) is 0 Å². The number of aliphatic hydroxyl groups is 1. The van der Waals surface area contributed by atoms with E-state index in [-0.39, 0.29) is 31.3 Å². The van der Waals surface area contributed by atoms with Gasteiger partial charge in [-0.3, -0.25) is 4.79 Å². The summed E-state index contributed by atoms with van der Waals surface area (Å²) in [6.45, 7) is 1.88. The van der Waals surface area contributed by atoms with Gasteiger partial charge in [0.2, 0.25) is 5.91 Å². The first-order valence-corrected chi connectivity index (χ1v) is 4.91. The molecule has 5 heteroatoms. The lowest BCUT2D eigenvalue weighted by Crippen LogP contribution is -2.52. The summed E-state index contributed by atoms with van der Waals surface area (Å²) >= 11 is 0. The molecule has 0 aromatic carbocycles. The number of carbonyl (C=O) groups excluding carboxylic acids is 1. The summed E-state index contributed by atoms with van der Waals surface area (Å²) in [5.41, 5.74) is 0. The third kappa shape index (κ3) is 1.89. The van der Waals surface area contributed by atoms with Gasteiger partial charge in [0.05, 0.1) is 25.4 Å². The lowest BCUT2D eigenvalue weighted by Gasteiger charge is -2.35. The summed E-state index contributed by atoms with van der Waals surface area (Å²) in [5.74, 6) is 0.00481. The van der Waals surface area contributed by atoms with E-state index in [1.54, 1.807) is 4.90 Å². The first-order chi connectivity index (χ1) is 6.81.